The number of Topliss-reactive ketones (excluding diaryl/α,β-unsaturated/α-hetero) is 1. The van der Waals surface area contributed by atoms with E-state index in [1.165, 1.54) is 31.3 Å². The number of amides is 1. The zero-order chi connectivity index (χ0) is 57.4. The average molecular weight is 1100 g/mol. The van der Waals surface area contributed by atoms with Gasteiger partial charge >= 0.3 is 0 Å². The van der Waals surface area contributed by atoms with Gasteiger partial charge in [-0.15, -0.1) is 0 Å². The van der Waals surface area contributed by atoms with E-state index in [1.807, 2.05) is 74.5 Å². The number of rotatable bonds is 6. The predicted molar refractivity (Wildman–Crippen MR) is 317 cm³/mol. The predicted octanol–water partition coefficient (Wildman–Crippen LogP) is 7.79. The molecule has 3 fully saturated rings. The van der Waals surface area contributed by atoms with Crippen LogP contribution in [0.3, 0.4) is 0 Å². The van der Waals surface area contributed by atoms with Crippen molar-refractivity contribution in [2.24, 2.45) is 51.3 Å². The summed E-state index contributed by atoms with van der Waals surface area (Å²) in [6.45, 7) is 8.62. The Balaban J connectivity index is 1.08. The highest BCUT2D eigenvalue weighted by molar-refractivity contribution is 5.98. The Morgan fingerprint density at radius 2 is 1.68 bits per heavy atom. The average Bonchev–Trinajstić information content (AvgIpc) is 4.25. The first-order valence-corrected chi connectivity index (χ1v) is 29.5. The number of carbonyl (C=O) groups is 2. The molecule has 0 saturated heterocycles. The molecule has 9 rings (SSSR count). The fourth-order valence-corrected chi connectivity index (χ4v) is 14.8. The zero-order valence-electron chi connectivity index (χ0n) is 47.4. The Labute approximate surface area is 478 Å². The van der Waals surface area contributed by atoms with E-state index in [-0.39, 0.29) is 56.1 Å². The number of nitrogens with zero attached hydrogens (tertiary/aromatic N) is 1. The highest BCUT2D eigenvalue weighted by atomic mass is 16.5. The van der Waals surface area contributed by atoms with Crippen LogP contribution < -0.4 is 27.8 Å². The summed E-state index contributed by atoms with van der Waals surface area (Å²) in [6, 6.07) is 19.2. The number of phenolic OH excluding ortho intramolecular Hbond substituents is 1. The third-order valence-corrected chi connectivity index (χ3v) is 19.2. The van der Waals surface area contributed by atoms with Crippen LogP contribution in [0, 0.1) is 40.9 Å². The number of carbonyl (C=O) groups excluding carboxylic acids is 2. The Bertz CT molecular complexity index is 2990. The van der Waals surface area contributed by atoms with E-state index in [1.54, 1.807) is 24.3 Å². The Morgan fingerprint density at radius 3 is 2.44 bits per heavy atom. The molecule has 2 bridgehead atoms. The second-order valence-electron chi connectivity index (χ2n) is 24.2. The minimum absolute atomic E-state index is 0.0495. The summed E-state index contributed by atoms with van der Waals surface area (Å²) >= 11 is 0. The molecule has 13 N–H and O–H groups in total. The van der Waals surface area contributed by atoms with Crippen LogP contribution in [0.4, 0.5) is 0 Å². The third kappa shape index (κ3) is 13.5. The van der Waals surface area contributed by atoms with Gasteiger partial charge in [0.1, 0.15) is 24.6 Å². The van der Waals surface area contributed by atoms with Crippen LogP contribution in [0.5, 0.6) is 5.75 Å². The molecule has 14 heteroatoms. The first-order chi connectivity index (χ1) is 38.9. The first-order valence-electron chi connectivity index (χ1n) is 29.5. The number of hydrogen-bond donors (Lipinski definition) is 10. The van der Waals surface area contributed by atoms with Crippen molar-refractivity contribution in [3.05, 3.63) is 159 Å². The normalized spacial score (nSPS) is 32.5. The number of aliphatic imine (C=N–C) groups is 1. The largest absolute Gasteiger partial charge is 0.508 e. The van der Waals surface area contributed by atoms with Crippen LogP contribution in [-0.4, -0.2) is 93.4 Å². The number of allylic oxidation sites excluding steroid dienone is 8. The number of ketones is 1. The number of nitrogens with two attached hydrogens (primary N) is 3. The summed E-state index contributed by atoms with van der Waals surface area (Å²) in [5, 5.41) is 67.4. The topological polar surface area (TPSA) is 259 Å². The van der Waals surface area contributed by atoms with Crippen LogP contribution in [-0.2, 0) is 33.6 Å². The van der Waals surface area contributed by atoms with Gasteiger partial charge in [-0.25, -0.2) is 0 Å². The second-order valence-corrected chi connectivity index (χ2v) is 24.2. The molecule has 81 heavy (non-hydrogen) atoms. The molecule has 14 nitrogen and oxygen atoms in total. The molecule has 3 aromatic rings. The van der Waals surface area contributed by atoms with Crippen LogP contribution in [0.1, 0.15) is 149 Å². The number of nitrogens with one attached hydrogen (secondary N) is 2. The molecule has 0 unspecified atom stereocenters. The van der Waals surface area contributed by atoms with E-state index in [9.17, 15) is 30.3 Å². The Morgan fingerprint density at radius 1 is 0.926 bits per heavy atom. The van der Waals surface area contributed by atoms with Gasteiger partial charge in [0, 0.05) is 43.2 Å². The molecule has 432 valence electrons. The summed E-state index contributed by atoms with van der Waals surface area (Å²) in [5.41, 5.74) is 25.1. The van der Waals surface area contributed by atoms with Crippen LogP contribution >= 0.6 is 0 Å². The van der Waals surface area contributed by atoms with Crippen LogP contribution in [0.2, 0.25) is 0 Å². The lowest BCUT2D eigenvalue weighted by atomic mass is 9.52. The van der Waals surface area contributed by atoms with Crippen LogP contribution in [0.15, 0.2) is 130 Å². The van der Waals surface area contributed by atoms with Gasteiger partial charge < -0.3 is 52.8 Å². The maximum absolute atomic E-state index is 15.2. The molecule has 3 aliphatic carbocycles. The molecule has 1 amide bonds. The lowest BCUT2D eigenvalue weighted by Crippen LogP contribution is -2.59. The van der Waals surface area contributed by atoms with Gasteiger partial charge in [0.25, 0.3) is 0 Å². The number of phenols is 1. The minimum Gasteiger partial charge on any atom is -0.508 e. The van der Waals surface area contributed by atoms with Crippen molar-refractivity contribution in [3.63, 3.8) is 0 Å². The molecule has 3 heterocycles. The van der Waals surface area contributed by atoms with E-state index in [4.69, 9.17) is 21.9 Å². The smallest absolute Gasteiger partial charge is 0.243 e. The molecular weight excluding hydrogens is 1020 g/mol. The number of aliphatic hydroxyl groups excluding tert-OH is 3. The van der Waals surface area contributed by atoms with Gasteiger partial charge in [0.05, 0.1) is 30.5 Å². The van der Waals surface area contributed by atoms with Gasteiger partial charge in [-0.05, 0) is 165 Å². The number of fused-ring (bicyclic) bond motifs is 4. The molecule has 3 aliphatic heterocycles. The summed E-state index contributed by atoms with van der Waals surface area (Å²) in [5.74, 6) is 4.76. The molecule has 0 aromatic heterocycles. The van der Waals surface area contributed by atoms with Crippen molar-refractivity contribution in [1.82, 2.24) is 10.6 Å². The van der Waals surface area contributed by atoms with Gasteiger partial charge in [-0.3, -0.25) is 19.9 Å². The molecule has 1 spiro atoms. The highest BCUT2D eigenvalue weighted by Crippen LogP contribution is 2.63. The molecule has 3 aromatic carbocycles. The molecule has 3 saturated carbocycles. The second kappa shape index (κ2) is 26.4. The number of guanidine groups is 1. The monoisotopic (exact) mass is 1100 g/mol. The quantitative estimate of drug-likeness (QED) is 0.0491. The number of aliphatic hydroxyl groups is 4. The maximum atomic E-state index is 15.2. The van der Waals surface area contributed by atoms with Crippen molar-refractivity contribution < 1.29 is 39.9 Å². The number of benzene rings is 3. The van der Waals surface area contributed by atoms with Crippen molar-refractivity contribution in [2.75, 3.05) is 26.3 Å². The summed E-state index contributed by atoms with van der Waals surface area (Å²) in [6.07, 6.45) is 15.1. The number of ether oxygens (including phenoxy) is 1. The highest BCUT2D eigenvalue weighted by Gasteiger charge is 2.64. The molecular formula is C67H86N6O8. The lowest BCUT2D eigenvalue weighted by molar-refractivity contribution is -0.168. The van der Waals surface area contributed by atoms with E-state index >= 15 is 4.79 Å². The Kier molecular flexibility index (Phi) is 19.4. The summed E-state index contributed by atoms with van der Waals surface area (Å²) in [4.78, 5) is 33.8. The SMILES string of the molecule is C=C1/C=C/C=C(\[C@H]2CC[C@@]3([C@@H]4CC[C@H](O)Cc5cccc(c5)C[C@H]([C@H](CN=C(N)N)c5ccc(O)cc5)[C@H](O)CN[C@H]5C(=O)N[C@H](N)c6cccc(c65)CC(=O)C(C)=C4CC[C@@]3(C)O)[C@@H]2O)COCC#CC/C(C2CCCC2)=C/CC1. The van der Waals surface area contributed by atoms with Crippen molar-refractivity contribution >= 4 is 17.6 Å². The van der Waals surface area contributed by atoms with E-state index < -0.39 is 65.2 Å². The van der Waals surface area contributed by atoms with E-state index in [2.05, 4.69) is 40.1 Å². The Hall–Kier alpha value is -6.15. The van der Waals surface area contributed by atoms with Gasteiger partial charge in [-0.1, -0.05) is 127 Å². The van der Waals surface area contributed by atoms with Gasteiger partial charge in [0.15, 0.2) is 11.7 Å². The molecule has 11 atom stereocenters. The lowest BCUT2D eigenvalue weighted by Gasteiger charge is -2.56. The zero-order valence-corrected chi connectivity index (χ0v) is 47.4. The van der Waals surface area contributed by atoms with Gasteiger partial charge in [-0.2, -0.15) is 0 Å². The van der Waals surface area contributed by atoms with E-state index in [0.29, 0.717) is 79.5 Å². The number of β-amino-alcohol motifs (C(OH)–C–C–N with tert-alkyl or cyclic N) is 1. The third-order valence-electron chi connectivity index (χ3n) is 19.2. The van der Waals surface area contributed by atoms with Crippen LogP contribution in [0.25, 0.3) is 0 Å². The summed E-state index contributed by atoms with van der Waals surface area (Å²) < 4.78 is 6.32. The molecule has 6 aliphatic rings. The fraction of sp³-hybridized carbons (Fsp3) is 0.507. The van der Waals surface area contributed by atoms with E-state index in [0.717, 1.165) is 52.7 Å². The number of aromatic hydroxyl groups is 1. The number of hydrogen-bond acceptors (Lipinski definition) is 11. The van der Waals surface area contributed by atoms with Crippen molar-refractivity contribution in [3.8, 4) is 17.6 Å². The molecule has 0 radical (unpaired) electrons. The summed E-state index contributed by atoms with van der Waals surface area (Å²) in [7, 11) is 0. The standard InChI is InChI=1S/C67H86N6O8/c1-41-12-8-19-46(45-16-4-5-17-45)18-6-7-33-81-40-49(21-9-13-41)53-30-32-67(62(53)78)57-28-27-51(75)35-43-14-10-15-44(34-43)36-55(56(38-72-65(69)70)47-23-25-50(74)26-24-47)59(77)39-71-61-60-48(20-11-22-54(60)63(68)73-64(61)79)37-58(76)42(2)52(57)29-31-66(67,3)80/h9-11,13-15,19-26,34,45,51,53,55-57,59,61-63,71,74-75,77-78,80H,1,4-5,8,12,16-18,27-33,35-40,68H2,2-3H3,(H,73,79)(H4,69,70,72)/b13-9+,46-19-,49-21-,52-42?/t51-,53+,55+,56+,57+,59+,61+,62+,63-,66+,67+/m0/s1. The maximum Gasteiger partial charge on any atom is 0.243 e. The van der Waals surface area contributed by atoms with Crippen molar-refractivity contribution in [2.45, 2.75) is 159 Å². The minimum atomic E-state index is -1.35. The fourth-order valence-electron chi connectivity index (χ4n) is 14.8. The van der Waals surface area contributed by atoms with Crippen molar-refractivity contribution in [1.29, 1.82) is 0 Å². The first kappa shape index (κ1) is 59.5. The van der Waals surface area contributed by atoms with Gasteiger partial charge in [0.2, 0.25) is 5.91 Å².